The van der Waals surface area contributed by atoms with Crippen molar-refractivity contribution in [2.45, 2.75) is 25.7 Å². The van der Waals surface area contributed by atoms with E-state index >= 15 is 0 Å². The van der Waals surface area contributed by atoms with Crippen LogP contribution in [0.5, 0.6) is 11.5 Å². The van der Waals surface area contributed by atoms with Crippen molar-refractivity contribution in [3.8, 4) is 11.5 Å². The van der Waals surface area contributed by atoms with Gasteiger partial charge in [0.1, 0.15) is 11.5 Å². The maximum atomic E-state index is 12.1. The summed E-state index contributed by atoms with van der Waals surface area (Å²) in [5.41, 5.74) is 0.419. The minimum atomic E-state index is -0.792. The van der Waals surface area contributed by atoms with Crippen molar-refractivity contribution >= 4 is 11.9 Å². The normalized spacial score (nSPS) is 10.0. The van der Waals surface area contributed by atoms with Gasteiger partial charge >= 0.3 is 5.97 Å². The van der Waals surface area contributed by atoms with Crippen molar-refractivity contribution in [1.82, 2.24) is 5.32 Å². The van der Waals surface area contributed by atoms with Gasteiger partial charge in [0.25, 0.3) is 5.91 Å². The molecule has 0 saturated heterocycles. The monoisotopic (exact) mass is 295 g/mol. The molecule has 0 unspecified atom stereocenters. The number of nitrogens with one attached hydrogen (secondary N) is 1. The van der Waals surface area contributed by atoms with E-state index in [1.165, 1.54) is 14.2 Å². The van der Waals surface area contributed by atoms with Gasteiger partial charge in [-0.25, -0.2) is 0 Å². The van der Waals surface area contributed by atoms with Crippen LogP contribution in [0.4, 0.5) is 0 Å². The summed E-state index contributed by atoms with van der Waals surface area (Å²) in [6.07, 6.45) is 2.29. The van der Waals surface area contributed by atoms with Gasteiger partial charge in [0, 0.05) is 13.0 Å². The third-order valence-corrected chi connectivity index (χ3v) is 3.00. The number of rotatable bonds is 9. The lowest BCUT2D eigenvalue weighted by atomic mass is 10.1. The minimum absolute atomic E-state index is 0.164. The third-order valence-electron chi connectivity index (χ3n) is 3.00. The second kappa shape index (κ2) is 8.84. The van der Waals surface area contributed by atoms with Crippen LogP contribution in [0.1, 0.15) is 36.0 Å². The largest absolute Gasteiger partial charge is 0.497 e. The molecule has 0 aliphatic carbocycles. The molecule has 21 heavy (non-hydrogen) atoms. The van der Waals surface area contributed by atoms with Crippen LogP contribution in [-0.4, -0.2) is 37.7 Å². The number of hydrogen-bond donors (Lipinski definition) is 2. The van der Waals surface area contributed by atoms with Crippen molar-refractivity contribution in [1.29, 1.82) is 0 Å². The first-order chi connectivity index (χ1) is 10.1. The molecule has 0 saturated carbocycles. The smallest absolute Gasteiger partial charge is 0.303 e. The highest BCUT2D eigenvalue weighted by atomic mass is 16.5. The van der Waals surface area contributed by atoms with E-state index in [-0.39, 0.29) is 12.3 Å². The molecule has 0 aliphatic heterocycles. The fourth-order valence-corrected chi connectivity index (χ4v) is 1.87. The maximum absolute atomic E-state index is 12.1. The Bertz CT molecular complexity index is 487. The van der Waals surface area contributed by atoms with Gasteiger partial charge in [-0.15, -0.1) is 0 Å². The van der Waals surface area contributed by atoms with Gasteiger partial charge in [0.15, 0.2) is 0 Å². The van der Waals surface area contributed by atoms with Crippen LogP contribution in [0.15, 0.2) is 18.2 Å². The van der Waals surface area contributed by atoms with Gasteiger partial charge in [-0.3, -0.25) is 9.59 Å². The van der Waals surface area contributed by atoms with E-state index in [2.05, 4.69) is 5.32 Å². The number of benzene rings is 1. The lowest BCUT2D eigenvalue weighted by molar-refractivity contribution is -0.137. The predicted molar refractivity (Wildman–Crippen MR) is 78.0 cm³/mol. The standard InChI is InChI=1S/C15H21NO5/c1-20-11-7-8-13(21-2)12(10-11)15(19)16-9-5-3-4-6-14(17)18/h7-8,10H,3-6,9H2,1-2H3,(H,16,19)(H,17,18). The Morgan fingerprint density at radius 1 is 1.14 bits per heavy atom. The van der Waals surface area contributed by atoms with Crippen molar-refractivity contribution in [3.63, 3.8) is 0 Å². The van der Waals surface area contributed by atoms with Gasteiger partial charge in [-0.05, 0) is 31.0 Å². The number of amides is 1. The first kappa shape index (κ1) is 16.8. The lowest BCUT2D eigenvalue weighted by Gasteiger charge is -2.10. The van der Waals surface area contributed by atoms with Gasteiger partial charge in [-0.1, -0.05) is 6.42 Å². The van der Waals surface area contributed by atoms with Crippen LogP contribution in [0, 0.1) is 0 Å². The highest BCUT2D eigenvalue weighted by Crippen LogP contribution is 2.23. The molecule has 0 radical (unpaired) electrons. The summed E-state index contributed by atoms with van der Waals surface area (Å²) < 4.78 is 10.2. The number of unbranched alkanes of at least 4 members (excludes halogenated alkanes) is 2. The van der Waals surface area contributed by atoms with Crippen LogP contribution < -0.4 is 14.8 Å². The molecular formula is C15H21NO5. The van der Waals surface area contributed by atoms with E-state index in [1.807, 2.05) is 0 Å². The highest BCUT2D eigenvalue weighted by Gasteiger charge is 2.13. The third kappa shape index (κ3) is 5.72. The Kier molecular flexibility index (Phi) is 7.08. The molecule has 0 atom stereocenters. The van der Waals surface area contributed by atoms with E-state index in [4.69, 9.17) is 14.6 Å². The highest BCUT2D eigenvalue weighted by molar-refractivity contribution is 5.97. The fraction of sp³-hybridized carbons (Fsp3) is 0.467. The molecule has 1 aromatic rings. The van der Waals surface area contributed by atoms with E-state index in [1.54, 1.807) is 18.2 Å². The number of methoxy groups -OCH3 is 2. The number of carbonyl (C=O) groups excluding carboxylic acids is 1. The molecule has 0 spiro atoms. The Hall–Kier alpha value is -2.24. The zero-order valence-electron chi connectivity index (χ0n) is 12.3. The van der Waals surface area contributed by atoms with Crippen LogP contribution >= 0.6 is 0 Å². The summed E-state index contributed by atoms with van der Waals surface area (Å²) >= 11 is 0. The minimum Gasteiger partial charge on any atom is -0.497 e. The molecule has 6 nitrogen and oxygen atoms in total. The topological polar surface area (TPSA) is 84.9 Å². The number of carboxylic acid groups (broad SMARTS) is 1. The molecule has 2 N–H and O–H groups in total. The molecule has 116 valence electrons. The summed E-state index contributed by atoms with van der Waals surface area (Å²) in [5, 5.41) is 11.3. The molecule has 1 rings (SSSR count). The van der Waals surface area contributed by atoms with E-state index in [9.17, 15) is 9.59 Å². The van der Waals surface area contributed by atoms with Crippen molar-refractivity contribution in [3.05, 3.63) is 23.8 Å². The van der Waals surface area contributed by atoms with Gasteiger partial charge < -0.3 is 19.9 Å². The van der Waals surface area contributed by atoms with Gasteiger partial charge in [-0.2, -0.15) is 0 Å². The summed E-state index contributed by atoms with van der Waals surface area (Å²) in [5.74, 6) is 0.0470. The molecule has 0 aliphatic rings. The maximum Gasteiger partial charge on any atom is 0.303 e. The summed E-state index contributed by atoms with van der Waals surface area (Å²) in [4.78, 5) is 22.5. The van der Waals surface area contributed by atoms with Crippen LogP contribution in [-0.2, 0) is 4.79 Å². The van der Waals surface area contributed by atoms with Gasteiger partial charge in [0.05, 0.1) is 19.8 Å². The predicted octanol–water partition coefficient (Wildman–Crippen LogP) is 2.08. The average Bonchev–Trinajstić information content (AvgIpc) is 2.49. The first-order valence-electron chi connectivity index (χ1n) is 6.80. The van der Waals surface area contributed by atoms with Crippen molar-refractivity contribution < 1.29 is 24.2 Å². The molecule has 0 heterocycles. The summed E-state index contributed by atoms with van der Waals surface area (Å²) in [7, 11) is 3.04. The average molecular weight is 295 g/mol. The SMILES string of the molecule is COc1ccc(OC)c(C(=O)NCCCCCC(=O)O)c1. The molecule has 0 aromatic heterocycles. The lowest BCUT2D eigenvalue weighted by Crippen LogP contribution is -2.25. The van der Waals surface area contributed by atoms with E-state index in [0.29, 0.717) is 30.0 Å². The number of ether oxygens (including phenoxy) is 2. The molecule has 1 aromatic carbocycles. The Balaban J connectivity index is 2.46. The molecule has 1 amide bonds. The molecule has 0 bridgehead atoms. The fourth-order valence-electron chi connectivity index (χ4n) is 1.87. The number of carbonyl (C=O) groups is 2. The van der Waals surface area contributed by atoms with Crippen molar-refractivity contribution in [2.24, 2.45) is 0 Å². The summed E-state index contributed by atoms with van der Waals surface area (Å²) in [6.45, 7) is 0.499. The van der Waals surface area contributed by atoms with Crippen molar-refractivity contribution in [2.75, 3.05) is 20.8 Å². The number of aliphatic carboxylic acids is 1. The number of carboxylic acids is 1. The Labute approximate surface area is 124 Å². The first-order valence-corrected chi connectivity index (χ1v) is 6.80. The van der Waals surface area contributed by atoms with Crippen LogP contribution in [0.2, 0.25) is 0 Å². The quantitative estimate of drug-likeness (QED) is 0.681. The summed E-state index contributed by atoms with van der Waals surface area (Å²) in [6, 6.07) is 5.03. The molecule has 6 heteroatoms. The Morgan fingerprint density at radius 3 is 2.52 bits per heavy atom. The van der Waals surface area contributed by atoms with E-state index in [0.717, 1.165) is 12.8 Å². The molecular weight excluding hydrogens is 274 g/mol. The zero-order valence-corrected chi connectivity index (χ0v) is 12.3. The van der Waals surface area contributed by atoms with Crippen LogP contribution in [0.3, 0.4) is 0 Å². The number of hydrogen-bond acceptors (Lipinski definition) is 4. The second-order valence-electron chi connectivity index (χ2n) is 4.53. The van der Waals surface area contributed by atoms with Crippen LogP contribution in [0.25, 0.3) is 0 Å². The zero-order chi connectivity index (χ0) is 15.7. The molecule has 0 fully saturated rings. The second-order valence-corrected chi connectivity index (χ2v) is 4.53. The van der Waals surface area contributed by atoms with E-state index < -0.39 is 5.97 Å². The Morgan fingerprint density at radius 2 is 1.90 bits per heavy atom. The van der Waals surface area contributed by atoms with Gasteiger partial charge in [0.2, 0.25) is 0 Å².